The molecule has 1 saturated carbocycles. The molecule has 3 rings (SSSR count). The molecule has 0 aliphatic heterocycles. The van der Waals surface area contributed by atoms with Crippen LogP contribution in [0.25, 0.3) is 10.8 Å². The minimum absolute atomic E-state index is 0.0610. The van der Waals surface area contributed by atoms with Crippen LogP contribution in [0.1, 0.15) is 25.7 Å². The lowest BCUT2D eigenvalue weighted by molar-refractivity contribution is -0.146. The first-order chi connectivity index (χ1) is 10.7. The number of aromatic nitrogens is 1. The van der Waals surface area contributed by atoms with Gasteiger partial charge in [0.1, 0.15) is 10.2 Å². The number of carbonyl (C=O) groups excluding carboxylic acids is 1. The number of pyridine rings is 1. The fraction of sp³-hybridized carbons (Fsp3) is 0.412. The molecule has 3 nitrogen and oxygen atoms in total. The Labute approximate surface area is 139 Å². The molecule has 1 fully saturated rings. The second-order valence-electron chi connectivity index (χ2n) is 5.59. The number of rotatable bonds is 3. The van der Waals surface area contributed by atoms with Gasteiger partial charge in [0.2, 0.25) is 0 Å². The summed E-state index contributed by atoms with van der Waals surface area (Å²) in [6.07, 6.45) is 3.80. The quantitative estimate of drug-likeness (QED) is 0.601. The molecule has 0 spiro atoms. The van der Waals surface area contributed by atoms with Gasteiger partial charge < -0.3 is 4.74 Å². The number of hydrogen-bond acceptors (Lipinski definition) is 4. The zero-order chi connectivity index (χ0) is 15.5. The van der Waals surface area contributed by atoms with Crippen molar-refractivity contribution in [2.75, 3.05) is 7.11 Å². The van der Waals surface area contributed by atoms with E-state index in [0.717, 1.165) is 41.5 Å². The molecule has 1 aromatic heterocycles. The highest BCUT2D eigenvalue weighted by Crippen LogP contribution is 2.38. The maximum absolute atomic E-state index is 11.6. The molecule has 0 radical (unpaired) electrons. The summed E-state index contributed by atoms with van der Waals surface area (Å²) in [5, 5.41) is 4.27. The SMILES string of the molecule is COC(=O)C1CCC(Sc2nc(Cl)cc3ccccc23)CC1. The fourth-order valence-electron chi connectivity index (χ4n) is 2.97. The van der Waals surface area contributed by atoms with E-state index in [2.05, 4.69) is 17.1 Å². The maximum Gasteiger partial charge on any atom is 0.308 e. The van der Waals surface area contributed by atoms with Crippen LogP contribution >= 0.6 is 23.4 Å². The van der Waals surface area contributed by atoms with Gasteiger partial charge in [0.15, 0.2) is 0 Å². The Bertz CT molecular complexity index is 683. The van der Waals surface area contributed by atoms with Gasteiger partial charge in [-0.2, -0.15) is 0 Å². The predicted octanol–water partition coefficient (Wildman–Crippen LogP) is 4.71. The summed E-state index contributed by atoms with van der Waals surface area (Å²) in [7, 11) is 1.46. The van der Waals surface area contributed by atoms with Crippen molar-refractivity contribution in [1.29, 1.82) is 0 Å². The Morgan fingerprint density at radius 3 is 2.73 bits per heavy atom. The number of nitrogens with zero attached hydrogens (tertiary/aromatic N) is 1. The third-order valence-corrected chi connectivity index (χ3v) is 5.69. The van der Waals surface area contributed by atoms with Crippen LogP contribution in [0.3, 0.4) is 0 Å². The standard InChI is InChI=1S/C17H18ClNO2S/c1-21-17(20)11-6-8-13(9-7-11)22-16-14-5-3-2-4-12(14)10-15(18)19-16/h2-5,10-11,13H,6-9H2,1H3. The Hall–Kier alpha value is -1.26. The summed E-state index contributed by atoms with van der Waals surface area (Å²) in [5.74, 6) is -0.0132. The molecule has 0 bridgehead atoms. The molecule has 0 unspecified atom stereocenters. The van der Waals surface area contributed by atoms with E-state index in [9.17, 15) is 4.79 Å². The highest BCUT2D eigenvalue weighted by atomic mass is 35.5. The first kappa shape index (κ1) is 15.6. The first-order valence-corrected chi connectivity index (χ1v) is 8.73. The van der Waals surface area contributed by atoms with Gasteiger partial charge in [-0.05, 0) is 37.1 Å². The van der Waals surface area contributed by atoms with Gasteiger partial charge in [0.05, 0.1) is 13.0 Å². The lowest BCUT2D eigenvalue weighted by Gasteiger charge is -2.26. The molecule has 0 atom stereocenters. The number of halogens is 1. The Kier molecular flexibility index (Phi) is 4.89. The topological polar surface area (TPSA) is 39.2 Å². The molecule has 1 aliphatic carbocycles. The molecule has 22 heavy (non-hydrogen) atoms. The van der Waals surface area contributed by atoms with Crippen molar-refractivity contribution < 1.29 is 9.53 Å². The van der Waals surface area contributed by atoms with Crippen molar-refractivity contribution in [1.82, 2.24) is 4.98 Å². The van der Waals surface area contributed by atoms with E-state index in [1.54, 1.807) is 11.8 Å². The summed E-state index contributed by atoms with van der Waals surface area (Å²) in [6.45, 7) is 0. The number of thioether (sulfide) groups is 1. The Morgan fingerprint density at radius 1 is 1.27 bits per heavy atom. The van der Waals surface area contributed by atoms with Crippen LogP contribution in [0, 0.1) is 5.92 Å². The number of fused-ring (bicyclic) bond motifs is 1. The van der Waals surface area contributed by atoms with Crippen LogP contribution < -0.4 is 0 Å². The number of methoxy groups -OCH3 is 1. The summed E-state index contributed by atoms with van der Waals surface area (Å²) in [6, 6.07) is 10.1. The average molecular weight is 336 g/mol. The molecule has 2 aromatic rings. The fourth-order valence-corrected chi connectivity index (χ4v) is 4.51. The van der Waals surface area contributed by atoms with Crippen LogP contribution in [-0.4, -0.2) is 23.3 Å². The van der Waals surface area contributed by atoms with Gasteiger partial charge in [-0.25, -0.2) is 4.98 Å². The van der Waals surface area contributed by atoms with Crippen molar-refractivity contribution in [2.45, 2.75) is 36.0 Å². The van der Waals surface area contributed by atoms with Crippen molar-refractivity contribution >= 4 is 40.1 Å². The van der Waals surface area contributed by atoms with E-state index in [-0.39, 0.29) is 11.9 Å². The summed E-state index contributed by atoms with van der Waals surface area (Å²) in [4.78, 5) is 16.1. The van der Waals surface area contributed by atoms with Gasteiger partial charge in [-0.3, -0.25) is 4.79 Å². The summed E-state index contributed by atoms with van der Waals surface area (Å²) in [5.41, 5.74) is 0. The van der Waals surface area contributed by atoms with Crippen LogP contribution in [0.5, 0.6) is 0 Å². The predicted molar refractivity (Wildman–Crippen MR) is 90.4 cm³/mol. The van der Waals surface area contributed by atoms with E-state index in [1.165, 1.54) is 7.11 Å². The van der Waals surface area contributed by atoms with E-state index in [4.69, 9.17) is 16.3 Å². The molecule has 0 N–H and O–H groups in total. The van der Waals surface area contributed by atoms with Crippen LogP contribution in [0.2, 0.25) is 5.15 Å². The largest absolute Gasteiger partial charge is 0.469 e. The van der Waals surface area contributed by atoms with Crippen LogP contribution in [-0.2, 0) is 9.53 Å². The molecule has 0 saturated heterocycles. The number of hydrogen-bond donors (Lipinski definition) is 0. The molecular formula is C17H18ClNO2S. The number of ether oxygens (including phenoxy) is 1. The Balaban J connectivity index is 1.73. The van der Waals surface area contributed by atoms with Gasteiger partial charge in [0.25, 0.3) is 0 Å². The highest BCUT2D eigenvalue weighted by molar-refractivity contribution is 8.00. The summed E-state index contributed by atoms with van der Waals surface area (Å²) < 4.78 is 4.84. The van der Waals surface area contributed by atoms with Crippen LogP contribution in [0.4, 0.5) is 0 Å². The lowest BCUT2D eigenvalue weighted by atomic mass is 9.89. The number of esters is 1. The summed E-state index contributed by atoms with van der Waals surface area (Å²) >= 11 is 7.92. The minimum atomic E-state index is -0.0743. The van der Waals surface area contributed by atoms with Crippen molar-refractivity contribution in [3.05, 3.63) is 35.5 Å². The van der Waals surface area contributed by atoms with E-state index < -0.39 is 0 Å². The molecule has 116 valence electrons. The third kappa shape index (κ3) is 3.39. The Morgan fingerprint density at radius 2 is 2.00 bits per heavy atom. The smallest absolute Gasteiger partial charge is 0.308 e. The normalized spacial score (nSPS) is 21.7. The highest BCUT2D eigenvalue weighted by Gasteiger charge is 2.27. The molecular weight excluding hydrogens is 318 g/mol. The van der Waals surface area contributed by atoms with Gasteiger partial charge in [0, 0.05) is 10.6 Å². The molecule has 1 aliphatic rings. The molecule has 0 amide bonds. The maximum atomic E-state index is 11.6. The zero-order valence-electron chi connectivity index (χ0n) is 12.4. The van der Waals surface area contributed by atoms with Gasteiger partial charge in [-0.15, -0.1) is 11.8 Å². The van der Waals surface area contributed by atoms with Crippen molar-refractivity contribution in [3.63, 3.8) is 0 Å². The first-order valence-electron chi connectivity index (χ1n) is 7.47. The molecule has 1 heterocycles. The lowest BCUT2D eigenvalue weighted by Crippen LogP contribution is -2.23. The number of benzene rings is 1. The number of carbonyl (C=O) groups is 1. The third-order valence-electron chi connectivity index (χ3n) is 4.16. The van der Waals surface area contributed by atoms with E-state index in [1.807, 2.05) is 18.2 Å². The minimum Gasteiger partial charge on any atom is -0.469 e. The van der Waals surface area contributed by atoms with Crippen molar-refractivity contribution in [3.8, 4) is 0 Å². The van der Waals surface area contributed by atoms with Gasteiger partial charge >= 0.3 is 5.97 Å². The molecule has 5 heteroatoms. The van der Waals surface area contributed by atoms with E-state index in [0.29, 0.717) is 10.4 Å². The zero-order valence-corrected chi connectivity index (χ0v) is 14.0. The second kappa shape index (κ2) is 6.88. The van der Waals surface area contributed by atoms with Crippen molar-refractivity contribution in [2.24, 2.45) is 5.92 Å². The van der Waals surface area contributed by atoms with Crippen LogP contribution in [0.15, 0.2) is 35.4 Å². The second-order valence-corrected chi connectivity index (χ2v) is 7.26. The average Bonchev–Trinajstić information content (AvgIpc) is 2.54. The monoisotopic (exact) mass is 335 g/mol. The van der Waals surface area contributed by atoms with E-state index >= 15 is 0 Å². The van der Waals surface area contributed by atoms with Gasteiger partial charge in [-0.1, -0.05) is 35.9 Å². The molecule has 1 aromatic carbocycles.